The number of anilines is 1. The third-order valence-corrected chi connectivity index (χ3v) is 4.35. The van der Waals surface area contributed by atoms with Crippen molar-refractivity contribution in [3.05, 3.63) is 49.2 Å². The number of nitrogens with one attached hydrogen (secondary N) is 1. The minimum Gasteiger partial charge on any atom is -0.491 e. The van der Waals surface area contributed by atoms with E-state index in [9.17, 15) is 14.4 Å². The highest BCUT2D eigenvalue weighted by Gasteiger charge is 2.32. The summed E-state index contributed by atoms with van der Waals surface area (Å²) in [4.78, 5) is 35.9. The first kappa shape index (κ1) is 16.5. The van der Waals surface area contributed by atoms with E-state index in [0.29, 0.717) is 22.5 Å². The first-order chi connectivity index (χ1) is 11.3. The number of hydrogen-bond donors (Lipinski definition) is 2. The van der Waals surface area contributed by atoms with Gasteiger partial charge in [-0.3, -0.25) is 24.3 Å². The number of nitrogens with zero attached hydrogens (tertiary/aromatic N) is 1. The Labute approximate surface area is 149 Å². The van der Waals surface area contributed by atoms with Gasteiger partial charge < -0.3 is 10.5 Å². The third-order valence-electron chi connectivity index (χ3n) is 3.48. The molecule has 2 heterocycles. The van der Waals surface area contributed by atoms with Crippen LogP contribution < -0.4 is 21.3 Å². The molecule has 0 aliphatic carbocycles. The molecular weight excluding hydrogens is 402 g/mol. The van der Waals surface area contributed by atoms with Crippen LogP contribution in [0.15, 0.2) is 27.5 Å². The van der Waals surface area contributed by atoms with Crippen LogP contribution in [0.25, 0.3) is 5.69 Å². The van der Waals surface area contributed by atoms with E-state index in [-0.39, 0.29) is 22.0 Å². The van der Waals surface area contributed by atoms with Crippen LogP contribution in [0, 0.1) is 0 Å². The fourth-order valence-corrected chi connectivity index (χ4v) is 3.45. The summed E-state index contributed by atoms with van der Waals surface area (Å²) in [6.07, 6.45) is 0. The first-order valence-electron chi connectivity index (χ1n) is 6.88. The van der Waals surface area contributed by atoms with Gasteiger partial charge in [-0.05, 0) is 35.0 Å². The summed E-state index contributed by atoms with van der Waals surface area (Å²) >= 11 is 9.52. The first-order valence-corrected chi connectivity index (χ1v) is 8.05. The zero-order valence-electron chi connectivity index (χ0n) is 12.4. The predicted octanol–water partition coefficient (Wildman–Crippen LogP) is 2.12. The van der Waals surface area contributed by atoms with Gasteiger partial charge in [0.2, 0.25) is 0 Å². The molecule has 1 aliphatic heterocycles. The molecule has 0 fully saturated rings. The lowest BCUT2D eigenvalue weighted by Gasteiger charge is -2.15. The smallest absolute Gasteiger partial charge is 0.262 e. The van der Waals surface area contributed by atoms with Gasteiger partial charge in [0, 0.05) is 6.07 Å². The molecule has 124 valence electrons. The number of imide groups is 1. The van der Waals surface area contributed by atoms with Gasteiger partial charge >= 0.3 is 0 Å². The Bertz CT molecular complexity index is 931. The van der Waals surface area contributed by atoms with E-state index in [4.69, 9.17) is 22.1 Å². The highest BCUT2D eigenvalue weighted by atomic mass is 79.9. The maximum Gasteiger partial charge on any atom is 0.262 e. The number of carbonyl (C=O) groups excluding carboxylic acids is 2. The van der Waals surface area contributed by atoms with Crippen LogP contribution in [0.1, 0.15) is 27.6 Å². The predicted molar refractivity (Wildman–Crippen MR) is 92.1 cm³/mol. The molecular formula is C15H11BrClN3O4. The summed E-state index contributed by atoms with van der Waals surface area (Å²) in [6.45, 7) is 2.23. The van der Waals surface area contributed by atoms with Crippen molar-refractivity contribution in [3.8, 4) is 11.4 Å². The molecule has 9 heteroatoms. The van der Waals surface area contributed by atoms with Gasteiger partial charge in [-0.2, -0.15) is 0 Å². The molecule has 0 atom stereocenters. The van der Waals surface area contributed by atoms with Crippen molar-refractivity contribution in [1.82, 2.24) is 9.88 Å². The second kappa shape index (κ2) is 5.95. The summed E-state index contributed by atoms with van der Waals surface area (Å²) in [5, 5.41) is 2.38. The zero-order chi connectivity index (χ0) is 17.6. The minimum atomic E-state index is -0.642. The van der Waals surface area contributed by atoms with Crippen molar-refractivity contribution in [3.63, 3.8) is 0 Å². The van der Waals surface area contributed by atoms with Gasteiger partial charge in [-0.1, -0.05) is 11.6 Å². The highest BCUT2D eigenvalue weighted by Crippen LogP contribution is 2.36. The number of hydrogen-bond acceptors (Lipinski definition) is 5. The molecule has 1 aromatic carbocycles. The highest BCUT2D eigenvalue weighted by molar-refractivity contribution is 9.10. The number of benzene rings is 1. The molecule has 0 bridgehead atoms. The molecule has 0 spiro atoms. The number of carbonyl (C=O) groups is 2. The number of fused-ring (bicyclic) bond motifs is 1. The number of amides is 2. The Morgan fingerprint density at radius 2 is 1.96 bits per heavy atom. The molecule has 0 saturated carbocycles. The van der Waals surface area contributed by atoms with Crippen molar-refractivity contribution in [2.75, 3.05) is 12.3 Å². The van der Waals surface area contributed by atoms with Gasteiger partial charge in [0.05, 0.1) is 32.9 Å². The summed E-state index contributed by atoms with van der Waals surface area (Å²) in [5.74, 6) is -0.981. The maximum absolute atomic E-state index is 12.4. The average Bonchev–Trinajstić information content (AvgIpc) is 2.77. The lowest BCUT2D eigenvalue weighted by atomic mass is 10.1. The van der Waals surface area contributed by atoms with Crippen molar-refractivity contribution >= 4 is 45.2 Å². The Kier molecular flexibility index (Phi) is 4.10. The molecule has 0 unspecified atom stereocenters. The van der Waals surface area contributed by atoms with Crippen LogP contribution in [0.3, 0.4) is 0 Å². The second-order valence-corrected chi connectivity index (χ2v) is 6.21. The second-order valence-electron chi connectivity index (χ2n) is 4.95. The van der Waals surface area contributed by atoms with Gasteiger partial charge in [0.15, 0.2) is 5.75 Å². The number of halogens is 2. The van der Waals surface area contributed by atoms with E-state index in [2.05, 4.69) is 21.2 Å². The summed E-state index contributed by atoms with van der Waals surface area (Å²) < 4.78 is 7.06. The summed E-state index contributed by atoms with van der Waals surface area (Å²) in [5.41, 5.74) is 5.71. The molecule has 7 nitrogen and oxygen atoms in total. The van der Waals surface area contributed by atoms with E-state index < -0.39 is 17.4 Å². The minimum absolute atomic E-state index is 0.0271. The third kappa shape index (κ3) is 2.47. The Hall–Kier alpha value is -2.32. The number of nitrogens with two attached hydrogens (primary N) is 1. The average molecular weight is 413 g/mol. The monoisotopic (exact) mass is 411 g/mol. The van der Waals surface area contributed by atoms with E-state index in [1.165, 1.54) is 6.07 Å². The number of aromatic nitrogens is 1. The molecule has 24 heavy (non-hydrogen) atoms. The fourth-order valence-electron chi connectivity index (χ4n) is 2.50. The van der Waals surface area contributed by atoms with Crippen molar-refractivity contribution in [1.29, 1.82) is 0 Å². The Morgan fingerprint density at radius 1 is 1.25 bits per heavy atom. The molecule has 0 saturated heterocycles. The lowest BCUT2D eigenvalue weighted by Crippen LogP contribution is -2.24. The lowest BCUT2D eigenvalue weighted by molar-refractivity contribution is 0.0880. The Morgan fingerprint density at radius 3 is 2.58 bits per heavy atom. The van der Waals surface area contributed by atoms with E-state index >= 15 is 0 Å². The molecule has 3 N–H and O–H groups in total. The summed E-state index contributed by atoms with van der Waals surface area (Å²) in [6, 6.07) is 4.16. The van der Waals surface area contributed by atoms with Crippen LogP contribution in [-0.4, -0.2) is 23.0 Å². The van der Waals surface area contributed by atoms with Crippen LogP contribution in [0.5, 0.6) is 5.75 Å². The quantitative estimate of drug-likeness (QED) is 0.752. The van der Waals surface area contributed by atoms with Gasteiger partial charge in [-0.25, -0.2) is 0 Å². The van der Waals surface area contributed by atoms with E-state index in [0.717, 1.165) is 10.6 Å². The largest absolute Gasteiger partial charge is 0.491 e. The molecule has 2 amide bonds. The fraction of sp³-hybridized carbons (Fsp3) is 0.133. The zero-order valence-corrected chi connectivity index (χ0v) is 14.7. The van der Waals surface area contributed by atoms with Crippen LogP contribution in [-0.2, 0) is 0 Å². The van der Waals surface area contributed by atoms with Crippen LogP contribution >= 0.6 is 27.5 Å². The van der Waals surface area contributed by atoms with E-state index in [1.54, 1.807) is 6.07 Å². The number of rotatable bonds is 3. The molecule has 0 radical (unpaired) electrons. The summed E-state index contributed by atoms with van der Waals surface area (Å²) in [7, 11) is 0. The van der Waals surface area contributed by atoms with Gasteiger partial charge in [-0.15, -0.1) is 0 Å². The molecule has 3 rings (SSSR count). The molecule has 1 aromatic heterocycles. The number of ether oxygens (including phenoxy) is 1. The maximum atomic E-state index is 12.4. The van der Waals surface area contributed by atoms with Gasteiger partial charge in [0.1, 0.15) is 5.82 Å². The van der Waals surface area contributed by atoms with Crippen molar-refractivity contribution < 1.29 is 14.3 Å². The molecule has 1 aliphatic rings. The number of nitrogen functional groups attached to an aromatic ring is 1. The SMILES string of the molecule is CCOc1c(Cl)cc(-n2c(N)c3c(cc2=O)C(=O)NC3=O)cc1Br. The van der Waals surface area contributed by atoms with Crippen molar-refractivity contribution in [2.45, 2.75) is 6.92 Å². The van der Waals surface area contributed by atoms with Gasteiger partial charge in [0.25, 0.3) is 17.4 Å². The Balaban J connectivity index is 2.25. The van der Waals surface area contributed by atoms with Crippen LogP contribution in [0.2, 0.25) is 5.02 Å². The van der Waals surface area contributed by atoms with Crippen LogP contribution in [0.4, 0.5) is 5.82 Å². The standard InChI is InChI=1S/C15H11BrClN3O4/c1-2-24-12-8(16)3-6(4-9(12)17)20-10(21)5-7-11(13(20)18)15(23)19-14(7)22/h3-5H,2,18H2,1H3,(H,19,22,23). The normalized spacial score (nSPS) is 13.0. The topological polar surface area (TPSA) is 103 Å². The number of pyridine rings is 1. The van der Waals surface area contributed by atoms with E-state index in [1.807, 2.05) is 6.92 Å². The molecule has 2 aromatic rings. The van der Waals surface area contributed by atoms with Crippen molar-refractivity contribution in [2.24, 2.45) is 0 Å².